The van der Waals surface area contributed by atoms with Crippen LogP contribution in [0.2, 0.25) is 0 Å². The van der Waals surface area contributed by atoms with Gasteiger partial charge in [-0.3, -0.25) is 0 Å². The van der Waals surface area contributed by atoms with Gasteiger partial charge in [0.1, 0.15) is 0 Å². The van der Waals surface area contributed by atoms with Gasteiger partial charge in [-0.2, -0.15) is 8.78 Å². The first-order chi connectivity index (χ1) is 9.49. The highest BCUT2D eigenvalue weighted by molar-refractivity contribution is 7.91. The molecule has 0 aliphatic rings. The molecular formula is C13H11F2NO3S. The van der Waals surface area contributed by atoms with Crippen molar-refractivity contribution in [2.45, 2.75) is 11.6 Å². The van der Waals surface area contributed by atoms with Gasteiger partial charge in [0.2, 0.25) is 9.84 Å². The normalized spacial score (nSPS) is 11.3. The third-order valence-electron chi connectivity index (χ3n) is 2.49. The van der Waals surface area contributed by atoms with Crippen LogP contribution in [0.5, 0.6) is 0 Å². The van der Waals surface area contributed by atoms with Crippen molar-refractivity contribution in [1.82, 2.24) is 4.98 Å². The van der Waals surface area contributed by atoms with Gasteiger partial charge in [0.15, 0.2) is 5.76 Å². The summed E-state index contributed by atoms with van der Waals surface area (Å²) in [6.07, 6.45) is -0.335. The Labute approximate surface area is 114 Å². The molecule has 0 radical (unpaired) electrons. The van der Waals surface area contributed by atoms with Crippen molar-refractivity contribution in [3.05, 3.63) is 48.7 Å². The molecule has 0 aliphatic carbocycles. The monoisotopic (exact) mass is 299 g/mol. The van der Waals surface area contributed by atoms with Crippen LogP contribution < -0.4 is 0 Å². The maximum atomic E-state index is 11.9. The Hall–Kier alpha value is -2.02. The minimum Gasteiger partial charge on any atom is -0.428 e. The van der Waals surface area contributed by atoms with Crippen molar-refractivity contribution >= 4 is 9.84 Å². The van der Waals surface area contributed by atoms with E-state index in [1.165, 1.54) is 6.20 Å². The fraction of sp³-hybridized carbons (Fsp3) is 0.154. The predicted molar refractivity (Wildman–Crippen MR) is 68.9 cm³/mol. The molecule has 0 fully saturated rings. The third-order valence-corrected chi connectivity index (χ3v) is 3.99. The first-order valence-corrected chi connectivity index (χ1v) is 7.39. The fourth-order valence-corrected chi connectivity index (χ4v) is 2.58. The van der Waals surface area contributed by atoms with Crippen LogP contribution in [0.1, 0.15) is 6.42 Å². The van der Waals surface area contributed by atoms with Gasteiger partial charge < -0.3 is 4.42 Å². The Bertz CT molecular complexity index is 704. The van der Waals surface area contributed by atoms with Crippen LogP contribution >= 0.6 is 0 Å². The molecular weight excluding hydrogens is 288 g/mol. The molecule has 2 rings (SSSR count). The molecule has 0 saturated carbocycles. The van der Waals surface area contributed by atoms with E-state index in [1.807, 2.05) is 6.07 Å². The number of oxazole rings is 1. The van der Waals surface area contributed by atoms with Gasteiger partial charge in [-0.1, -0.05) is 30.3 Å². The number of nitrogens with zero attached hydrogens (tertiary/aromatic N) is 1. The first kappa shape index (κ1) is 14.4. The number of hydrogen-bond donors (Lipinski definition) is 0. The maximum Gasteiger partial charge on any atom is 0.315 e. The van der Waals surface area contributed by atoms with E-state index in [9.17, 15) is 17.2 Å². The summed E-state index contributed by atoms with van der Waals surface area (Å²) in [5, 5.41) is -0.455. The molecule has 1 heterocycles. The van der Waals surface area contributed by atoms with Crippen LogP contribution in [0.15, 0.2) is 58.3 Å². The van der Waals surface area contributed by atoms with E-state index in [0.717, 1.165) is 0 Å². The van der Waals surface area contributed by atoms with Crippen molar-refractivity contribution < 1.29 is 21.6 Å². The molecule has 106 valence electrons. The molecule has 4 nitrogen and oxygen atoms in total. The molecule has 0 amide bonds. The lowest BCUT2D eigenvalue weighted by molar-refractivity contribution is 0.417. The summed E-state index contributed by atoms with van der Waals surface area (Å²) < 4.78 is 52.6. The van der Waals surface area contributed by atoms with E-state index in [2.05, 4.69) is 4.98 Å². The van der Waals surface area contributed by atoms with E-state index in [0.29, 0.717) is 17.4 Å². The van der Waals surface area contributed by atoms with Gasteiger partial charge in [0.25, 0.3) is 6.08 Å². The topological polar surface area (TPSA) is 60.2 Å². The number of aromatic nitrogens is 1. The molecule has 0 unspecified atom stereocenters. The lowest BCUT2D eigenvalue weighted by Gasteiger charge is -1.97. The summed E-state index contributed by atoms with van der Waals surface area (Å²) in [4.78, 5) is 3.70. The maximum absolute atomic E-state index is 11.9. The Balaban J connectivity index is 2.18. The van der Waals surface area contributed by atoms with Crippen molar-refractivity contribution in [2.24, 2.45) is 0 Å². The van der Waals surface area contributed by atoms with E-state index >= 15 is 0 Å². The molecule has 0 saturated heterocycles. The fourth-order valence-electron chi connectivity index (χ4n) is 1.55. The number of halogens is 2. The average Bonchev–Trinajstić information content (AvgIpc) is 2.89. The Morgan fingerprint density at radius 1 is 1.25 bits per heavy atom. The van der Waals surface area contributed by atoms with Gasteiger partial charge in [-0.05, 0) is 12.5 Å². The van der Waals surface area contributed by atoms with Crippen LogP contribution in [0, 0.1) is 0 Å². The second-order valence-corrected chi connectivity index (χ2v) is 5.94. The quantitative estimate of drug-likeness (QED) is 0.850. The van der Waals surface area contributed by atoms with Gasteiger partial charge in [0.05, 0.1) is 11.9 Å². The van der Waals surface area contributed by atoms with Crippen molar-refractivity contribution in [3.8, 4) is 11.3 Å². The first-order valence-electron chi connectivity index (χ1n) is 5.74. The van der Waals surface area contributed by atoms with Crippen LogP contribution in [-0.4, -0.2) is 19.2 Å². The predicted octanol–water partition coefficient (Wildman–Crippen LogP) is 3.29. The van der Waals surface area contributed by atoms with Crippen LogP contribution in [0.3, 0.4) is 0 Å². The summed E-state index contributed by atoms with van der Waals surface area (Å²) in [6.45, 7) is 0. The molecule has 0 aliphatic heterocycles. The van der Waals surface area contributed by atoms with Crippen molar-refractivity contribution in [3.63, 3.8) is 0 Å². The third kappa shape index (κ3) is 3.51. The van der Waals surface area contributed by atoms with Crippen LogP contribution in [0.25, 0.3) is 11.3 Å². The van der Waals surface area contributed by atoms with Crippen LogP contribution in [-0.2, 0) is 9.84 Å². The second-order valence-electron chi connectivity index (χ2n) is 3.96. The zero-order valence-electron chi connectivity index (χ0n) is 10.3. The lowest BCUT2D eigenvalue weighted by atomic mass is 10.2. The van der Waals surface area contributed by atoms with Crippen molar-refractivity contribution in [1.29, 1.82) is 0 Å². The summed E-state index contributed by atoms with van der Waals surface area (Å²) in [5.74, 6) is -0.157. The Morgan fingerprint density at radius 2 is 1.95 bits per heavy atom. The summed E-state index contributed by atoms with van der Waals surface area (Å²) in [5.41, 5.74) is 0.691. The summed E-state index contributed by atoms with van der Waals surface area (Å²) >= 11 is 0. The molecule has 0 N–H and O–H groups in total. The highest BCUT2D eigenvalue weighted by atomic mass is 32.2. The molecule has 7 heteroatoms. The summed E-state index contributed by atoms with van der Waals surface area (Å²) in [7, 11) is -3.80. The van der Waals surface area contributed by atoms with E-state index in [1.54, 1.807) is 24.3 Å². The SMILES string of the molecule is O=S(=O)(CCC=C(F)F)c1ncc(-c2ccccc2)o1. The second kappa shape index (κ2) is 5.96. The minimum absolute atomic E-state index is 0.284. The lowest BCUT2D eigenvalue weighted by Crippen LogP contribution is -2.06. The molecule has 0 bridgehead atoms. The highest BCUT2D eigenvalue weighted by Crippen LogP contribution is 2.22. The molecule has 0 atom stereocenters. The van der Waals surface area contributed by atoms with Crippen molar-refractivity contribution in [2.75, 3.05) is 5.75 Å². The molecule has 1 aromatic heterocycles. The van der Waals surface area contributed by atoms with Gasteiger partial charge in [-0.25, -0.2) is 13.4 Å². The molecule has 2 aromatic rings. The minimum atomic E-state index is -3.80. The standard InChI is InChI=1S/C13H11F2NO3S/c14-12(15)7-4-8-20(17,18)13-16-9-11(19-13)10-5-2-1-3-6-10/h1-3,5-7,9H,4,8H2. The molecule has 20 heavy (non-hydrogen) atoms. The van der Waals surface area contributed by atoms with E-state index in [4.69, 9.17) is 4.42 Å². The van der Waals surface area contributed by atoms with Gasteiger partial charge in [-0.15, -0.1) is 0 Å². The zero-order valence-corrected chi connectivity index (χ0v) is 11.1. The van der Waals surface area contributed by atoms with E-state index < -0.39 is 26.9 Å². The Kier molecular flexibility index (Phi) is 4.29. The number of allylic oxidation sites excluding steroid dienone is 1. The van der Waals surface area contributed by atoms with Crippen LogP contribution in [0.4, 0.5) is 8.78 Å². The molecule has 0 spiro atoms. The number of hydrogen-bond acceptors (Lipinski definition) is 4. The molecule has 1 aromatic carbocycles. The number of benzene rings is 1. The van der Waals surface area contributed by atoms with Gasteiger partial charge in [0, 0.05) is 5.56 Å². The number of sulfone groups is 1. The summed E-state index contributed by atoms with van der Waals surface area (Å²) in [6, 6.07) is 8.87. The van der Waals surface area contributed by atoms with E-state index in [-0.39, 0.29) is 6.42 Å². The smallest absolute Gasteiger partial charge is 0.315 e. The average molecular weight is 299 g/mol. The largest absolute Gasteiger partial charge is 0.428 e. The van der Waals surface area contributed by atoms with Gasteiger partial charge >= 0.3 is 5.22 Å². The highest BCUT2D eigenvalue weighted by Gasteiger charge is 2.21. The number of rotatable bonds is 5. The Morgan fingerprint density at radius 3 is 2.60 bits per heavy atom. The zero-order chi connectivity index (χ0) is 14.6.